The lowest BCUT2D eigenvalue weighted by Crippen LogP contribution is -2.68. The summed E-state index contributed by atoms with van der Waals surface area (Å²) in [7, 11) is 0. The number of rotatable bonds is 9. The van der Waals surface area contributed by atoms with Gasteiger partial charge in [0.1, 0.15) is 5.82 Å². The molecule has 6 rings (SSSR count). The number of epoxide rings is 1. The Hall–Kier alpha value is -3.67. The van der Waals surface area contributed by atoms with Gasteiger partial charge in [-0.2, -0.15) is 0 Å². The number of ether oxygens (including phenoxy) is 2. The van der Waals surface area contributed by atoms with Crippen molar-refractivity contribution >= 4 is 17.6 Å². The first-order valence-electron chi connectivity index (χ1n) is 14.5. The van der Waals surface area contributed by atoms with Crippen LogP contribution in [-0.2, 0) is 30.4 Å². The number of fused-ring (bicyclic) bond motifs is 3. The summed E-state index contributed by atoms with van der Waals surface area (Å²) in [5.74, 6) is -2.75. The highest BCUT2D eigenvalue weighted by Gasteiger charge is 2.99. The molecule has 0 aromatic heterocycles. The highest BCUT2D eigenvalue weighted by molar-refractivity contribution is 6.03. The third-order valence-corrected chi connectivity index (χ3v) is 9.08. The average molecular weight is 591 g/mol. The Bertz CT molecular complexity index is 1510. The molecule has 0 aliphatic carbocycles. The van der Waals surface area contributed by atoms with Crippen LogP contribution in [0.25, 0.3) is 0 Å². The summed E-state index contributed by atoms with van der Waals surface area (Å²) in [4.78, 5) is 27.7. The first-order chi connectivity index (χ1) is 20.5. The summed E-state index contributed by atoms with van der Waals surface area (Å²) in [6, 6.07) is 23.6. The monoisotopic (exact) mass is 590 g/mol. The Morgan fingerprint density at radius 3 is 2.23 bits per heavy atom. The van der Waals surface area contributed by atoms with Crippen molar-refractivity contribution in [2.75, 3.05) is 11.9 Å². The molecule has 43 heavy (non-hydrogen) atoms. The minimum Gasteiger partial charge on any atom is -0.481 e. The Morgan fingerprint density at radius 1 is 1.00 bits per heavy atom. The van der Waals surface area contributed by atoms with E-state index in [2.05, 4.69) is 5.32 Å². The van der Waals surface area contributed by atoms with Crippen LogP contribution in [0.4, 0.5) is 10.1 Å². The predicted molar refractivity (Wildman–Crippen MR) is 154 cm³/mol. The van der Waals surface area contributed by atoms with Crippen molar-refractivity contribution in [2.24, 2.45) is 5.92 Å². The number of carboxylic acids is 1. The zero-order valence-electron chi connectivity index (χ0n) is 23.9. The quantitative estimate of drug-likeness (QED) is 0.276. The molecule has 3 aromatic rings. The summed E-state index contributed by atoms with van der Waals surface area (Å²) in [6.07, 6.45) is -2.01. The van der Waals surface area contributed by atoms with Gasteiger partial charge in [-0.3, -0.25) is 9.59 Å². The third kappa shape index (κ3) is 4.08. The van der Waals surface area contributed by atoms with Gasteiger partial charge in [0.15, 0.2) is 17.1 Å². The van der Waals surface area contributed by atoms with E-state index < -0.39 is 64.9 Å². The SMILES string of the molecule is CC(C)C1(O)N2CC[C@@H](CC(O)CC(=O)O)O[C@@]2(c2ccc(F)cc2)C2(c3ccccc3)OC12C(=O)Nc1ccccc1. The zero-order chi connectivity index (χ0) is 30.6. The molecule has 226 valence electrons. The number of carbonyl (C=O) groups excluding carboxylic acids is 1. The van der Waals surface area contributed by atoms with Gasteiger partial charge in [-0.1, -0.05) is 74.5 Å². The number of para-hydroxylation sites is 1. The van der Waals surface area contributed by atoms with E-state index in [9.17, 15) is 29.3 Å². The number of aliphatic hydroxyl groups is 2. The fourth-order valence-electron chi connectivity index (χ4n) is 7.33. The summed E-state index contributed by atoms with van der Waals surface area (Å²) in [5.41, 5.74) is -5.55. The number of hydrogen-bond donors (Lipinski definition) is 4. The van der Waals surface area contributed by atoms with E-state index in [0.29, 0.717) is 23.2 Å². The number of benzene rings is 3. The van der Waals surface area contributed by atoms with Crippen molar-refractivity contribution in [3.63, 3.8) is 0 Å². The fourth-order valence-corrected chi connectivity index (χ4v) is 7.33. The van der Waals surface area contributed by atoms with Crippen LogP contribution in [0.1, 0.15) is 44.2 Å². The van der Waals surface area contributed by atoms with Crippen LogP contribution in [0, 0.1) is 11.7 Å². The maximum atomic E-state index is 14.6. The maximum absolute atomic E-state index is 14.6. The molecule has 3 heterocycles. The number of morpholine rings is 1. The molecule has 0 bridgehead atoms. The molecule has 4 unspecified atom stereocenters. The van der Waals surface area contributed by atoms with Gasteiger partial charge < -0.3 is 30.1 Å². The molecule has 3 fully saturated rings. The molecule has 3 saturated heterocycles. The molecule has 0 spiro atoms. The van der Waals surface area contributed by atoms with Gasteiger partial charge in [0.2, 0.25) is 5.60 Å². The van der Waals surface area contributed by atoms with E-state index in [1.54, 1.807) is 79.4 Å². The van der Waals surface area contributed by atoms with Crippen molar-refractivity contribution < 1.29 is 38.8 Å². The van der Waals surface area contributed by atoms with E-state index in [4.69, 9.17) is 9.47 Å². The van der Waals surface area contributed by atoms with Gasteiger partial charge in [0, 0.05) is 24.2 Å². The van der Waals surface area contributed by atoms with Crippen LogP contribution < -0.4 is 5.32 Å². The number of nitrogens with zero attached hydrogens (tertiary/aromatic N) is 1. The van der Waals surface area contributed by atoms with Crippen LogP contribution in [0.3, 0.4) is 0 Å². The summed E-state index contributed by atoms with van der Waals surface area (Å²) >= 11 is 0. The molecular formula is C33H35FN2O7. The minimum absolute atomic E-state index is 0.00271. The van der Waals surface area contributed by atoms with Crippen molar-refractivity contribution in [1.29, 1.82) is 0 Å². The molecule has 1 amide bonds. The molecular weight excluding hydrogens is 555 g/mol. The summed E-state index contributed by atoms with van der Waals surface area (Å²) < 4.78 is 28.0. The second-order valence-corrected chi connectivity index (χ2v) is 11.8. The highest BCUT2D eigenvalue weighted by atomic mass is 19.1. The summed E-state index contributed by atoms with van der Waals surface area (Å²) in [6.45, 7) is 3.83. The van der Waals surface area contributed by atoms with E-state index >= 15 is 0 Å². The van der Waals surface area contributed by atoms with Gasteiger partial charge in [0.25, 0.3) is 5.91 Å². The molecule has 0 radical (unpaired) electrons. The van der Waals surface area contributed by atoms with E-state index in [1.807, 2.05) is 12.1 Å². The fraction of sp³-hybridized carbons (Fsp3) is 0.394. The van der Waals surface area contributed by atoms with Gasteiger partial charge >= 0.3 is 5.97 Å². The van der Waals surface area contributed by atoms with Crippen LogP contribution in [0.15, 0.2) is 84.9 Å². The molecule has 10 heteroatoms. The lowest BCUT2D eigenvalue weighted by Gasteiger charge is -2.54. The number of nitrogens with one attached hydrogen (secondary N) is 1. The molecule has 4 N–H and O–H groups in total. The van der Waals surface area contributed by atoms with E-state index in [0.717, 1.165) is 0 Å². The lowest BCUT2D eigenvalue weighted by atomic mass is 9.73. The summed E-state index contributed by atoms with van der Waals surface area (Å²) in [5, 5.41) is 35.7. The van der Waals surface area contributed by atoms with Gasteiger partial charge in [-0.05, 0) is 42.2 Å². The third-order valence-electron chi connectivity index (χ3n) is 9.08. The first-order valence-corrected chi connectivity index (χ1v) is 14.5. The number of amides is 1. The Balaban J connectivity index is 1.59. The standard InChI is InChI=1S/C33H35FN2O7/c1-21(2)32(41)31(29(40)35-25-11-7-4-8-12-25)30(43-31,22-9-5-3-6-10-22)33(23-13-15-24(34)16-14-23)36(32)18-17-27(42-33)19-26(37)20-28(38)39/h3-16,21,26-27,37,41H,17-20H2,1-2H3,(H,35,40)(H,38,39)/t26?,27-,30?,31?,32?,33-/m0/s1. The second kappa shape index (κ2) is 10.5. The predicted octanol–water partition coefficient (Wildman–Crippen LogP) is 3.96. The smallest absolute Gasteiger partial charge is 0.305 e. The minimum atomic E-state index is -1.92. The lowest BCUT2D eigenvalue weighted by molar-refractivity contribution is -0.326. The molecule has 3 aliphatic rings. The van der Waals surface area contributed by atoms with E-state index in [-0.39, 0.29) is 13.0 Å². The van der Waals surface area contributed by atoms with Crippen LogP contribution in [-0.4, -0.2) is 62.2 Å². The Morgan fingerprint density at radius 2 is 1.63 bits per heavy atom. The van der Waals surface area contributed by atoms with Crippen molar-refractivity contribution in [1.82, 2.24) is 4.90 Å². The van der Waals surface area contributed by atoms with Crippen LogP contribution >= 0.6 is 0 Å². The number of carbonyl (C=O) groups is 2. The van der Waals surface area contributed by atoms with Gasteiger partial charge in [-0.25, -0.2) is 9.29 Å². The number of halogens is 1. The van der Waals surface area contributed by atoms with Crippen molar-refractivity contribution in [3.8, 4) is 0 Å². The van der Waals surface area contributed by atoms with Crippen LogP contribution in [0.2, 0.25) is 0 Å². The largest absolute Gasteiger partial charge is 0.481 e. The van der Waals surface area contributed by atoms with E-state index in [1.165, 1.54) is 12.1 Å². The number of aliphatic carboxylic acids is 1. The molecule has 6 atom stereocenters. The Labute approximate surface area is 248 Å². The van der Waals surface area contributed by atoms with Gasteiger partial charge in [0.05, 0.1) is 18.6 Å². The number of anilines is 1. The molecule has 3 aromatic carbocycles. The normalized spacial score (nSPS) is 32.1. The van der Waals surface area contributed by atoms with Crippen LogP contribution in [0.5, 0.6) is 0 Å². The number of carboxylic acid groups (broad SMARTS) is 1. The van der Waals surface area contributed by atoms with Crippen molar-refractivity contribution in [3.05, 3.63) is 102 Å². The molecule has 0 saturated carbocycles. The zero-order valence-corrected chi connectivity index (χ0v) is 23.9. The highest BCUT2D eigenvalue weighted by Crippen LogP contribution is 2.79. The number of hydrogen-bond acceptors (Lipinski definition) is 7. The second-order valence-electron chi connectivity index (χ2n) is 11.8. The molecule has 3 aliphatic heterocycles. The Kier molecular flexibility index (Phi) is 7.18. The topological polar surface area (TPSA) is 132 Å². The first kappa shape index (κ1) is 29.4. The van der Waals surface area contributed by atoms with Crippen molar-refractivity contribution in [2.45, 2.75) is 68.0 Å². The average Bonchev–Trinajstić information content (AvgIpc) is 3.67. The number of aliphatic hydroxyl groups excluding tert-OH is 1. The maximum Gasteiger partial charge on any atom is 0.305 e. The molecule has 9 nitrogen and oxygen atoms in total. The van der Waals surface area contributed by atoms with Gasteiger partial charge in [-0.15, -0.1) is 0 Å².